The van der Waals surface area contributed by atoms with Gasteiger partial charge in [-0.15, -0.1) is 0 Å². The van der Waals surface area contributed by atoms with Crippen LogP contribution in [0.5, 0.6) is 5.88 Å². The summed E-state index contributed by atoms with van der Waals surface area (Å²) >= 11 is 0. The van der Waals surface area contributed by atoms with Crippen LogP contribution in [0, 0.1) is 25.2 Å². The van der Waals surface area contributed by atoms with Gasteiger partial charge in [-0.1, -0.05) is 77.1 Å². The summed E-state index contributed by atoms with van der Waals surface area (Å²) in [7, 11) is -0.549. The molecule has 0 unspecified atom stereocenters. The molecule has 294 valence electrons. The van der Waals surface area contributed by atoms with E-state index in [1.54, 1.807) is 30.3 Å². The number of nitrogens with zero attached hydrogens (tertiary/aromatic N) is 5. The highest BCUT2D eigenvalue weighted by molar-refractivity contribution is 7.92. The third kappa shape index (κ3) is 9.83. The summed E-state index contributed by atoms with van der Waals surface area (Å²) in [4.78, 5) is 32.7. The van der Waals surface area contributed by atoms with Crippen LogP contribution in [0.1, 0.15) is 92.0 Å². The predicted molar refractivity (Wildman–Crippen MR) is 217 cm³/mol. The highest BCUT2D eigenvalue weighted by atomic mass is 32.2. The topological polar surface area (TPSA) is 127 Å². The van der Waals surface area contributed by atoms with Crippen LogP contribution in [0.2, 0.25) is 0 Å². The number of anilines is 2. The fourth-order valence-electron chi connectivity index (χ4n) is 7.78. The highest BCUT2D eigenvalue weighted by Crippen LogP contribution is 2.37. The molecule has 0 spiro atoms. The predicted octanol–water partition coefficient (Wildman–Crippen LogP) is 8.00. The largest absolute Gasteiger partial charge is 0.475 e. The van der Waals surface area contributed by atoms with Crippen LogP contribution in [0.4, 0.5) is 11.6 Å². The summed E-state index contributed by atoms with van der Waals surface area (Å²) in [5, 5.41) is 0. The Morgan fingerprint density at radius 1 is 1.02 bits per heavy atom. The first-order valence-electron chi connectivity index (χ1n) is 19.4. The van der Waals surface area contributed by atoms with Crippen molar-refractivity contribution in [3.8, 4) is 17.1 Å². The molecule has 1 saturated carbocycles. The van der Waals surface area contributed by atoms with Crippen molar-refractivity contribution in [3.05, 3.63) is 88.7 Å². The number of amides is 1. The lowest BCUT2D eigenvalue weighted by atomic mass is 9.82. The summed E-state index contributed by atoms with van der Waals surface area (Å²) in [5.74, 6) is 0.457. The van der Waals surface area contributed by atoms with Crippen molar-refractivity contribution in [1.82, 2.24) is 19.9 Å². The van der Waals surface area contributed by atoms with Gasteiger partial charge in [0.1, 0.15) is 6.61 Å². The van der Waals surface area contributed by atoms with E-state index in [9.17, 15) is 13.2 Å². The Morgan fingerprint density at radius 2 is 1.78 bits per heavy atom. The zero-order valence-electron chi connectivity index (χ0n) is 33.4. The lowest BCUT2D eigenvalue weighted by Gasteiger charge is -2.35. The Labute approximate surface area is 326 Å². The smallest absolute Gasteiger partial charge is 0.264 e. The Hall–Kier alpha value is -4.55. The monoisotopic (exact) mass is 768 g/mol. The summed E-state index contributed by atoms with van der Waals surface area (Å²) in [6.45, 7) is 12.0. The summed E-state index contributed by atoms with van der Waals surface area (Å²) < 4.78 is 42.5. The van der Waals surface area contributed by atoms with Crippen molar-refractivity contribution >= 4 is 27.6 Å². The Morgan fingerprint density at radius 3 is 2.49 bits per heavy atom. The molecule has 2 aromatic carbocycles. The number of methoxy groups -OCH3 is 1. The number of hydrogen-bond acceptors (Lipinski definition) is 9. The van der Waals surface area contributed by atoms with Gasteiger partial charge in [-0.05, 0) is 79.5 Å². The zero-order chi connectivity index (χ0) is 39.3. The SMILES string of the molecule is COCCN(C)c1ccc(CN2C(=O)c3cccc(c3)S(=O)(=O)Nc3nc(c(C)c(-c4c(C)cccc4CC4CCCCC4)n3)OC[C@H]2CC(C)(C)C)nc1. The third-order valence-electron chi connectivity index (χ3n) is 10.7. The zero-order valence-corrected chi connectivity index (χ0v) is 34.2. The molecule has 0 radical (unpaired) electrons. The number of nitrogens with one attached hydrogen (secondary N) is 1. The average molecular weight is 769 g/mol. The van der Waals surface area contributed by atoms with Crippen LogP contribution in [0.3, 0.4) is 0 Å². The van der Waals surface area contributed by atoms with E-state index in [0.29, 0.717) is 42.4 Å². The normalized spacial score (nSPS) is 17.7. The van der Waals surface area contributed by atoms with E-state index in [2.05, 4.69) is 60.5 Å². The number of aryl methyl sites for hydroxylation is 1. The number of pyridine rings is 1. The van der Waals surface area contributed by atoms with Crippen LogP contribution in [-0.4, -0.2) is 74.1 Å². The van der Waals surface area contributed by atoms with Gasteiger partial charge < -0.3 is 19.3 Å². The molecule has 1 aliphatic heterocycles. The van der Waals surface area contributed by atoms with Gasteiger partial charge in [0.2, 0.25) is 11.8 Å². The lowest BCUT2D eigenvalue weighted by Crippen LogP contribution is -2.45. The molecule has 11 nitrogen and oxygen atoms in total. The molecule has 3 heterocycles. The van der Waals surface area contributed by atoms with Crippen molar-refractivity contribution in [2.24, 2.45) is 11.3 Å². The molecule has 2 aromatic heterocycles. The van der Waals surface area contributed by atoms with E-state index < -0.39 is 16.1 Å². The van der Waals surface area contributed by atoms with E-state index >= 15 is 0 Å². The number of sulfonamides is 1. The number of benzene rings is 2. The third-order valence-corrected chi connectivity index (χ3v) is 12.0. The number of ether oxygens (including phenoxy) is 2. The van der Waals surface area contributed by atoms with E-state index in [0.717, 1.165) is 23.2 Å². The van der Waals surface area contributed by atoms with Gasteiger partial charge in [-0.3, -0.25) is 9.78 Å². The van der Waals surface area contributed by atoms with Crippen molar-refractivity contribution in [2.45, 2.75) is 97.0 Å². The number of carbonyl (C=O) groups is 1. The number of hydrogen-bond donors (Lipinski definition) is 1. The maximum atomic E-state index is 14.6. The van der Waals surface area contributed by atoms with E-state index in [-0.39, 0.29) is 46.8 Å². The molecule has 2 aliphatic rings. The van der Waals surface area contributed by atoms with Gasteiger partial charge in [0.25, 0.3) is 15.9 Å². The Kier molecular flexibility index (Phi) is 12.5. The first-order chi connectivity index (χ1) is 26.2. The number of rotatable bonds is 10. The van der Waals surface area contributed by atoms with Gasteiger partial charge >= 0.3 is 0 Å². The van der Waals surface area contributed by atoms with Gasteiger partial charge in [-0.2, -0.15) is 4.98 Å². The number of carbonyl (C=O) groups excluding carboxylic acids is 1. The van der Waals surface area contributed by atoms with Crippen molar-refractivity contribution in [3.63, 3.8) is 0 Å². The molecular weight excluding hydrogens is 713 g/mol. The van der Waals surface area contributed by atoms with Gasteiger partial charge in [-0.25, -0.2) is 18.1 Å². The second kappa shape index (κ2) is 17.1. The molecule has 1 atom stereocenters. The fraction of sp³-hybridized carbons (Fsp3) is 0.488. The van der Waals surface area contributed by atoms with Crippen molar-refractivity contribution < 1.29 is 22.7 Å². The number of aromatic nitrogens is 3. The Balaban J connectivity index is 1.45. The van der Waals surface area contributed by atoms with Crippen molar-refractivity contribution in [1.29, 1.82) is 0 Å². The van der Waals surface area contributed by atoms with E-state index in [1.807, 2.05) is 26.1 Å². The molecular formula is C43H56N6O5S. The van der Waals surface area contributed by atoms with Gasteiger partial charge in [0.05, 0.1) is 47.4 Å². The molecule has 12 heteroatoms. The van der Waals surface area contributed by atoms with Crippen LogP contribution >= 0.6 is 0 Å². The second-order valence-corrected chi connectivity index (χ2v) is 18.0. The minimum atomic E-state index is -4.20. The number of fused-ring (bicyclic) bond motifs is 4. The second-order valence-electron chi connectivity index (χ2n) is 16.4. The molecule has 1 amide bonds. The molecule has 1 aliphatic carbocycles. The minimum absolute atomic E-state index is 0.0615. The molecule has 0 saturated heterocycles. The summed E-state index contributed by atoms with van der Waals surface area (Å²) in [5.41, 5.74) is 6.23. The highest BCUT2D eigenvalue weighted by Gasteiger charge is 2.32. The fourth-order valence-corrected chi connectivity index (χ4v) is 8.77. The van der Waals surface area contributed by atoms with Crippen molar-refractivity contribution in [2.75, 3.05) is 43.5 Å². The number of likely N-dealkylation sites (N-methyl/N-ethyl adjacent to an activating group) is 1. The lowest BCUT2D eigenvalue weighted by molar-refractivity contribution is 0.0508. The standard InChI is InChI=1S/C43H56N6O5S/c1-29-13-11-16-32(23-31-14-9-8-10-15-31)38(29)39-30(2)40-46-42(45-39)47-55(51,52)37-18-12-17-33(24-37)41(50)49(36(28-54-40)25-43(3,4)5)27-34-19-20-35(26-44-34)48(6)21-22-53-7/h11-13,16-20,24,26,31,36H,8-10,14-15,21-23,25,27-28H2,1-7H3,(H,45,46,47)/t36-/m1/s1. The molecule has 4 aromatic rings. The quantitative estimate of drug-likeness (QED) is 0.171. The summed E-state index contributed by atoms with van der Waals surface area (Å²) in [6, 6.07) is 15.9. The minimum Gasteiger partial charge on any atom is -0.475 e. The van der Waals surface area contributed by atoms with Crippen LogP contribution in [0.25, 0.3) is 11.3 Å². The summed E-state index contributed by atoms with van der Waals surface area (Å²) in [6.07, 6.45) is 9.48. The molecule has 1 N–H and O–H groups in total. The first kappa shape index (κ1) is 40.1. The van der Waals surface area contributed by atoms with Crippen LogP contribution in [-0.2, 0) is 27.7 Å². The van der Waals surface area contributed by atoms with E-state index in [4.69, 9.17) is 19.4 Å². The molecule has 1 fully saturated rings. The first-order valence-corrected chi connectivity index (χ1v) is 20.9. The Bertz CT molecular complexity index is 2080. The molecule has 6 rings (SSSR count). The van der Waals surface area contributed by atoms with Gasteiger partial charge in [0.15, 0.2) is 0 Å². The van der Waals surface area contributed by atoms with E-state index in [1.165, 1.54) is 49.8 Å². The average Bonchev–Trinajstić information content (AvgIpc) is 3.15. The van der Waals surface area contributed by atoms with Gasteiger partial charge in [0, 0.05) is 37.4 Å². The van der Waals surface area contributed by atoms with Crippen LogP contribution in [0.15, 0.2) is 65.7 Å². The maximum Gasteiger partial charge on any atom is 0.264 e. The maximum absolute atomic E-state index is 14.6. The molecule has 4 bridgehead atoms. The molecule has 55 heavy (non-hydrogen) atoms. The van der Waals surface area contributed by atoms with Crippen LogP contribution < -0.4 is 14.4 Å².